The van der Waals surface area contributed by atoms with E-state index >= 15 is 0 Å². The number of nitrogen functional groups attached to an aromatic ring is 1. The van der Waals surface area contributed by atoms with Gasteiger partial charge in [-0.2, -0.15) is 4.98 Å². The lowest BCUT2D eigenvalue weighted by atomic mass is 10.3. The number of aromatic nitrogens is 2. The van der Waals surface area contributed by atoms with Crippen LogP contribution in [0.2, 0.25) is 0 Å². The summed E-state index contributed by atoms with van der Waals surface area (Å²) in [6.07, 6.45) is 0.708. The highest BCUT2D eigenvalue weighted by Crippen LogP contribution is 2.18. The van der Waals surface area contributed by atoms with Gasteiger partial charge in [0.15, 0.2) is 11.6 Å². The molecule has 1 aromatic heterocycles. The molecule has 19 heavy (non-hydrogen) atoms. The van der Waals surface area contributed by atoms with E-state index in [4.69, 9.17) is 10.5 Å². The van der Waals surface area contributed by atoms with Crippen LogP contribution in [0.25, 0.3) is 0 Å². The minimum Gasteiger partial charge on any atom is -0.450 e. The Hall–Kier alpha value is -2.12. The zero-order chi connectivity index (χ0) is 13.8. The van der Waals surface area contributed by atoms with E-state index in [1.807, 2.05) is 0 Å². The first kappa shape index (κ1) is 13.3. The Kier molecular flexibility index (Phi) is 3.98. The molecule has 1 aliphatic heterocycles. The summed E-state index contributed by atoms with van der Waals surface area (Å²) in [6.45, 7) is 3.98. The summed E-state index contributed by atoms with van der Waals surface area (Å²) < 4.78 is 18.5. The van der Waals surface area contributed by atoms with E-state index in [0.29, 0.717) is 32.8 Å². The van der Waals surface area contributed by atoms with Gasteiger partial charge in [0.1, 0.15) is 0 Å². The van der Waals surface area contributed by atoms with Gasteiger partial charge in [0, 0.05) is 26.2 Å². The van der Waals surface area contributed by atoms with Crippen molar-refractivity contribution in [3.8, 4) is 0 Å². The molecular formula is C11H16FN5O2. The van der Waals surface area contributed by atoms with Gasteiger partial charge >= 0.3 is 6.09 Å². The van der Waals surface area contributed by atoms with Gasteiger partial charge in [-0.3, -0.25) is 0 Å². The summed E-state index contributed by atoms with van der Waals surface area (Å²) in [6, 6.07) is 0. The van der Waals surface area contributed by atoms with Crippen LogP contribution in [0, 0.1) is 5.82 Å². The van der Waals surface area contributed by atoms with Crippen molar-refractivity contribution < 1.29 is 13.9 Å². The molecule has 7 nitrogen and oxygen atoms in total. The van der Waals surface area contributed by atoms with Gasteiger partial charge in [0.05, 0.1) is 12.8 Å². The molecule has 104 valence electrons. The monoisotopic (exact) mass is 269 g/mol. The Bertz CT molecular complexity index is 462. The minimum atomic E-state index is -0.515. The van der Waals surface area contributed by atoms with Crippen molar-refractivity contribution >= 4 is 17.9 Å². The first-order valence-electron chi connectivity index (χ1n) is 6.06. The molecule has 8 heteroatoms. The molecule has 0 unspecified atom stereocenters. The lowest BCUT2D eigenvalue weighted by Crippen LogP contribution is -2.49. The van der Waals surface area contributed by atoms with Crippen LogP contribution >= 0.6 is 0 Å². The van der Waals surface area contributed by atoms with E-state index in [1.54, 1.807) is 16.7 Å². The second kappa shape index (κ2) is 5.68. The van der Waals surface area contributed by atoms with Crippen LogP contribution in [0.4, 0.5) is 21.0 Å². The summed E-state index contributed by atoms with van der Waals surface area (Å²) in [5.41, 5.74) is 5.45. The molecule has 0 atom stereocenters. The SMILES string of the molecule is CCOC(=O)N1CCN(c2nc(N)ncc2F)CC1. The number of nitrogens with zero attached hydrogens (tertiary/aromatic N) is 4. The fraction of sp³-hybridized carbons (Fsp3) is 0.545. The van der Waals surface area contributed by atoms with Gasteiger partial charge in [-0.05, 0) is 6.92 Å². The number of nitrogens with two attached hydrogens (primary N) is 1. The predicted molar refractivity (Wildman–Crippen MR) is 67.2 cm³/mol. The Morgan fingerprint density at radius 1 is 1.47 bits per heavy atom. The molecule has 1 amide bonds. The molecule has 1 aromatic rings. The number of carbonyl (C=O) groups is 1. The van der Waals surface area contributed by atoms with E-state index < -0.39 is 5.82 Å². The van der Waals surface area contributed by atoms with Crippen molar-refractivity contribution in [1.29, 1.82) is 0 Å². The molecule has 2 N–H and O–H groups in total. The molecule has 0 spiro atoms. The topological polar surface area (TPSA) is 84.6 Å². The van der Waals surface area contributed by atoms with Crippen molar-refractivity contribution in [2.24, 2.45) is 0 Å². The third kappa shape index (κ3) is 3.01. The maximum absolute atomic E-state index is 13.6. The zero-order valence-corrected chi connectivity index (χ0v) is 10.7. The average molecular weight is 269 g/mol. The quantitative estimate of drug-likeness (QED) is 0.840. The van der Waals surface area contributed by atoms with Gasteiger partial charge in [-0.25, -0.2) is 14.2 Å². The molecule has 0 radical (unpaired) electrons. The largest absolute Gasteiger partial charge is 0.450 e. The summed E-state index contributed by atoms with van der Waals surface area (Å²) >= 11 is 0. The number of hydrogen-bond acceptors (Lipinski definition) is 6. The third-order valence-corrected chi connectivity index (χ3v) is 2.85. The molecule has 1 fully saturated rings. The van der Waals surface area contributed by atoms with Crippen LogP contribution in [-0.4, -0.2) is 53.7 Å². The number of rotatable bonds is 2. The van der Waals surface area contributed by atoms with Gasteiger partial charge in [-0.1, -0.05) is 0 Å². The van der Waals surface area contributed by atoms with E-state index in [0.717, 1.165) is 6.20 Å². The smallest absolute Gasteiger partial charge is 0.409 e. The van der Waals surface area contributed by atoms with Gasteiger partial charge in [0.25, 0.3) is 0 Å². The van der Waals surface area contributed by atoms with Crippen LogP contribution in [0.15, 0.2) is 6.20 Å². The fourth-order valence-corrected chi connectivity index (χ4v) is 1.91. The van der Waals surface area contributed by atoms with Gasteiger partial charge in [0.2, 0.25) is 5.95 Å². The Balaban J connectivity index is 2.00. The van der Waals surface area contributed by atoms with Gasteiger partial charge < -0.3 is 20.3 Å². The van der Waals surface area contributed by atoms with E-state index in [1.165, 1.54) is 0 Å². The van der Waals surface area contributed by atoms with Crippen molar-refractivity contribution in [1.82, 2.24) is 14.9 Å². The second-order valence-corrected chi connectivity index (χ2v) is 4.07. The number of carbonyl (C=O) groups excluding carboxylic acids is 1. The summed E-state index contributed by atoms with van der Waals surface area (Å²) in [4.78, 5) is 22.3. The first-order valence-corrected chi connectivity index (χ1v) is 6.06. The lowest BCUT2D eigenvalue weighted by Gasteiger charge is -2.34. The van der Waals surface area contributed by atoms with Crippen LogP contribution in [0.5, 0.6) is 0 Å². The number of ether oxygens (including phenoxy) is 1. The van der Waals surface area contributed by atoms with Crippen LogP contribution in [-0.2, 0) is 4.74 Å². The molecular weight excluding hydrogens is 253 g/mol. The van der Waals surface area contributed by atoms with Crippen LogP contribution < -0.4 is 10.6 Å². The Labute approximate surface area is 110 Å². The van der Waals surface area contributed by atoms with Crippen molar-refractivity contribution in [2.75, 3.05) is 43.4 Å². The molecule has 0 aromatic carbocycles. The summed E-state index contributed by atoms with van der Waals surface area (Å²) in [7, 11) is 0. The molecule has 2 heterocycles. The standard InChI is InChI=1S/C11H16FN5O2/c1-2-19-11(18)17-5-3-16(4-6-17)9-8(12)7-14-10(13)15-9/h7H,2-6H2,1H3,(H2,13,14,15). The maximum Gasteiger partial charge on any atom is 0.409 e. The molecule has 1 aliphatic rings. The van der Waals surface area contributed by atoms with Gasteiger partial charge in [-0.15, -0.1) is 0 Å². The first-order chi connectivity index (χ1) is 9.11. The normalized spacial score (nSPS) is 15.5. The lowest BCUT2D eigenvalue weighted by molar-refractivity contribution is 0.105. The minimum absolute atomic E-state index is 0.0317. The van der Waals surface area contributed by atoms with E-state index in [9.17, 15) is 9.18 Å². The summed E-state index contributed by atoms with van der Waals surface area (Å²) in [5.74, 6) is -0.306. The van der Waals surface area contributed by atoms with E-state index in [-0.39, 0.29) is 17.9 Å². The van der Waals surface area contributed by atoms with Crippen molar-refractivity contribution in [2.45, 2.75) is 6.92 Å². The second-order valence-electron chi connectivity index (χ2n) is 4.07. The molecule has 1 saturated heterocycles. The number of hydrogen-bond donors (Lipinski definition) is 1. The third-order valence-electron chi connectivity index (χ3n) is 2.85. The highest BCUT2D eigenvalue weighted by Gasteiger charge is 2.24. The highest BCUT2D eigenvalue weighted by atomic mass is 19.1. The predicted octanol–water partition coefficient (Wildman–Crippen LogP) is 0.476. The molecule has 0 aliphatic carbocycles. The zero-order valence-electron chi connectivity index (χ0n) is 10.7. The van der Waals surface area contributed by atoms with Crippen LogP contribution in [0.1, 0.15) is 6.92 Å². The Morgan fingerprint density at radius 2 is 2.16 bits per heavy atom. The molecule has 2 rings (SSSR count). The summed E-state index contributed by atoms with van der Waals surface area (Å²) in [5, 5.41) is 0. The van der Waals surface area contributed by atoms with Crippen molar-refractivity contribution in [3.63, 3.8) is 0 Å². The number of anilines is 2. The van der Waals surface area contributed by atoms with Crippen molar-refractivity contribution in [3.05, 3.63) is 12.0 Å². The molecule has 0 bridgehead atoms. The maximum atomic E-state index is 13.6. The Morgan fingerprint density at radius 3 is 2.79 bits per heavy atom. The fourth-order valence-electron chi connectivity index (χ4n) is 1.91. The number of halogens is 1. The van der Waals surface area contributed by atoms with Crippen LogP contribution in [0.3, 0.4) is 0 Å². The average Bonchev–Trinajstić information content (AvgIpc) is 2.42. The highest BCUT2D eigenvalue weighted by molar-refractivity contribution is 5.68. The number of amides is 1. The van der Waals surface area contributed by atoms with E-state index in [2.05, 4.69) is 9.97 Å². The molecule has 0 saturated carbocycles. The number of piperazine rings is 1.